The number of nitrogens with one attached hydrogen (secondary N) is 1. The summed E-state index contributed by atoms with van der Waals surface area (Å²) in [6, 6.07) is 0. The summed E-state index contributed by atoms with van der Waals surface area (Å²) in [6.07, 6.45) is -2.50. The predicted molar refractivity (Wildman–Crippen MR) is 32.5 cm³/mol. The zero-order chi connectivity index (χ0) is 8.32. The highest BCUT2D eigenvalue weighted by Gasteiger charge is 2.33. The first kappa shape index (κ1) is 8.80. The maximum absolute atomic E-state index is 11.6. The zero-order valence-electron chi connectivity index (χ0n) is 5.82. The first-order valence-corrected chi connectivity index (χ1v) is 3.37. The van der Waals surface area contributed by atoms with Crippen LogP contribution in [0.3, 0.4) is 0 Å². The second-order valence-corrected chi connectivity index (χ2v) is 2.32. The SMILES string of the molecule is FC(F)(F)OC1C[CH]CCN1. The lowest BCUT2D eigenvalue weighted by Gasteiger charge is -2.23. The Kier molecular flexibility index (Phi) is 2.72. The van der Waals surface area contributed by atoms with Crippen LogP contribution in [-0.2, 0) is 4.74 Å². The van der Waals surface area contributed by atoms with E-state index in [4.69, 9.17) is 0 Å². The number of rotatable bonds is 1. The summed E-state index contributed by atoms with van der Waals surface area (Å²) in [6.45, 7) is 0.556. The molecule has 1 N–H and O–H groups in total. The summed E-state index contributed by atoms with van der Waals surface area (Å²) < 4.78 is 38.4. The van der Waals surface area contributed by atoms with Crippen molar-refractivity contribution in [3.05, 3.63) is 6.42 Å². The summed E-state index contributed by atoms with van der Waals surface area (Å²) in [5, 5.41) is 2.60. The molecule has 1 fully saturated rings. The molecule has 1 aliphatic rings. The molecule has 5 heteroatoms. The molecule has 0 saturated carbocycles. The van der Waals surface area contributed by atoms with Gasteiger partial charge in [0.05, 0.1) is 0 Å². The van der Waals surface area contributed by atoms with Crippen LogP contribution in [0.5, 0.6) is 0 Å². The highest BCUT2D eigenvalue weighted by molar-refractivity contribution is 4.77. The summed E-state index contributed by atoms with van der Waals surface area (Å²) in [4.78, 5) is 0. The Labute approximate surface area is 62.7 Å². The van der Waals surface area contributed by atoms with E-state index in [1.54, 1.807) is 6.42 Å². The predicted octanol–water partition coefficient (Wildman–Crippen LogP) is 1.44. The molecular formula is C6H9F3NO. The molecule has 0 amide bonds. The Morgan fingerprint density at radius 2 is 2.18 bits per heavy atom. The quantitative estimate of drug-likeness (QED) is 0.639. The van der Waals surface area contributed by atoms with E-state index in [2.05, 4.69) is 10.1 Å². The van der Waals surface area contributed by atoms with E-state index in [0.717, 1.165) is 6.42 Å². The molecular weight excluding hydrogens is 159 g/mol. The van der Waals surface area contributed by atoms with Gasteiger partial charge in [-0.1, -0.05) is 0 Å². The molecule has 2 nitrogen and oxygen atoms in total. The number of ether oxygens (including phenoxy) is 1. The molecule has 65 valence electrons. The number of hydrogen-bond acceptors (Lipinski definition) is 2. The van der Waals surface area contributed by atoms with Crippen LogP contribution in [-0.4, -0.2) is 19.1 Å². The van der Waals surface area contributed by atoms with Gasteiger partial charge in [-0.15, -0.1) is 13.2 Å². The smallest absolute Gasteiger partial charge is 0.292 e. The Morgan fingerprint density at radius 1 is 1.45 bits per heavy atom. The van der Waals surface area contributed by atoms with Crippen molar-refractivity contribution in [1.29, 1.82) is 0 Å². The van der Waals surface area contributed by atoms with Crippen molar-refractivity contribution in [3.8, 4) is 0 Å². The zero-order valence-corrected chi connectivity index (χ0v) is 5.82. The fourth-order valence-electron chi connectivity index (χ4n) is 0.950. The second-order valence-electron chi connectivity index (χ2n) is 2.32. The molecule has 0 aromatic rings. The van der Waals surface area contributed by atoms with E-state index in [1.807, 2.05) is 0 Å². The minimum Gasteiger partial charge on any atom is -0.292 e. The van der Waals surface area contributed by atoms with Crippen molar-refractivity contribution in [2.45, 2.75) is 25.4 Å². The third kappa shape index (κ3) is 3.57. The van der Waals surface area contributed by atoms with E-state index < -0.39 is 12.6 Å². The highest BCUT2D eigenvalue weighted by atomic mass is 19.4. The largest absolute Gasteiger partial charge is 0.524 e. The third-order valence-electron chi connectivity index (χ3n) is 1.38. The summed E-state index contributed by atoms with van der Waals surface area (Å²) in [5.41, 5.74) is 0. The average molecular weight is 168 g/mol. The average Bonchev–Trinajstić information content (AvgIpc) is 1.85. The fourth-order valence-corrected chi connectivity index (χ4v) is 0.950. The monoisotopic (exact) mass is 168 g/mol. The number of alkyl halides is 3. The summed E-state index contributed by atoms with van der Waals surface area (Å²) in [7, 11) is 0. The maximum Gasteiger partial charge on any atom is 0.524 e. The van der Waals surface area contributed by atoms with Gasteiger partial charge in [0, 0.05) is 0 Å². The molecule has 1 radical (unpaired) electrons. The molecule has 0 aromatic heterocycles. The number of hydrogen-bond donors (Lipinski definition) is 1. The van der Waals surface area contributed by atoms with Gasteiger partial charge in [0.25, 0.3) is 0 Å². The van der Waals surface area contributed by atoms with Gasteiger partial charge in [-0.2, -0.15) is 0 Å². The number of halogens is 3. The maximum atomic E-state index is 11.6. The highest BCUT2D eigenvalue weighted by Crippen LogP contribution is 2.21. The normalized spacial score (nSPS) is 27.0. The van der Waals surface area contributed by atoms with Gasteiger partial charge in [-0.05, 0) is 25.8 Å². The molecule has 1 unspecified atom stereocenters. The standard InChI is InChI=1S/C6H9F3NO/c7-6(8,9)11-5-3-1-2-4-10-5/h1,5,10H,2-4H2. The molecule has 0 aliphatic carbocycles. The van der Waals surface area contributed by atoms with Crippen molar-refractivity contribution in [2.75, 3.05) is 6.54 Å². The van der Waals surface area contributed by atoms with Crippen molar-refractivity contribution in [3.63, 3.8) is 0 Å². The van der Waals surface area contributed by atoms with Gasteiger partial charge in [0.1, 0.15) is 6.23 Å². The molecule has 0 aromatic carbocycles. The second kappa shape index (κ2) is 3.40. The van der Waals surface area contributed by atoms with Gasteiger partial charge in [0.15, 0.2) is 0 Å². The van der Waals surface area contributed by atoms with Crippen LogP contribution >= 0.6 is 0 Å². The Morgan fingerprint density at radius 3 is 2.64 bits per heavy atom. The van der Waals surface area contributed by atoms with Crippen LogP contribution in [0.1, 0.15) is 12.8 Å². The van der Waals surface area contributed by atoms with Gasteiger partial charge in [-0.3, -0.25) is 10.1 Å². The molecule has 1 atom stereocenters. The fraction of sp³-hybridized carbons (Fsp3) is 0.833. The molecule has 1 rings (SSSR count). The molecule has 0 spiro atoms. The Bertz CT molecular complexity index is 119. The van der Waals surface area contributed by atoms with Gasteiger partial charge >= 0.3 is 6.36 Å². The molecule has 1 saturated heterocycles. The first-order valence-electron chi connectivity index (χ1n) is 3.37. The first-order chi connectivity index (χ1) is 5.08. The topological polar surface area (TPSA) is 21.3 Å². The van der Waals surface area contributed by atoms with Crippen molar-refractivity contribution >= 4 is 0 Å². The van der Waals surface area contributed by atoms with Gasteiger partial charge in [0.2, 0.25) is 0 Å². The van der Waals surface area contributed by atoms with E-state index in [-0.39, 0.29) is 0 Å². The lowest BCUT2D eigenvalue weighted by atomic mass is 10.1. The molecule has 1 heterocycles. The molecule has 0 bridgehead atoms. The van der Waals surface area contributed by atoms with Crippen molar-refractivity contribution < 1.29 is 17.9 Å². The lowest BCUT2D eigenvalue weighted by Crippen LogP contribution is -2.40. The van der Waals surface area contributed by atoms with E-state index in [0.29, 0.717) is 13.0 Å². The van der Waals surface area contributed by atoms with Crippen molar-refractivity contribution in [1.82, 2.24) is 5.32 Å². The Hall–Kier alpha value is -0.290. The lowest BCUT2D eigenvalue weighted by molar-refractivity contribution is -0.347. The molecule has 11 heavy (non-hydrogen) atoms. The van der Waals surface area contributed by atoms with E-state index in [9.17, 15) is 13.2 Å². The third-order valence-corrected chi connectivity index (χ3v) is 1.38. The Balaban J connectivity index is 2.24. The summed E-state index contributed by atoms with van der Waals surface area (Å²) >= 11 is 0. The minimum absolute atomic E-state index is 0.319. The van der Waals surface area contributed by atoms with Crippen LogP contribution in [0, 0.1) is 6.42 Å². The minimum atomic E-state index is -4.52. The van der Waals surface area contributed by atoms with Crippen LogP contribution in [0.2, 0.25) is 0 Å². The molecule has 1 aliphatic heterocycles. The van der Waals surface area contributed by atoms with Gasteiger partial charge in [-0.25, -0.2) is 0 Å². The van der Waals surface area contributed by atoms with Crippen LogP contribution in [0.15, 0.2) is 0 Å². The van der Waals surface area contributed by atoms with Crippen LogP contribution in [0.25, 0.3) is 0 Å². The summed E-state index contributed by atoms with van der Waals surface area (Å²) in [5.74, 6) is 0. The van der Waals surface area contributed by atoms with Crippen LogP contribution < -0.4 is 5.32 Å². The van der Waals surface area contributed by atoms with Gasteiger partial charge < -0.3 is 0 Å². The van der Waals surface area contributed by atoms with E-state index >= 15 is 0 Å². The number of piperidine rings is 1. The van der Waals surface area contributed by atoms with Crippen molar-refractivity contribution in [2.24, 2.45) is 0 Å². The van der Waals surface area contributed by atoms with E-state index in [1.165, 1.54) is 0 Å². The van der Waals surface area contributed by atoms with Crippen LogP contribution in [0.4, 0.5) is 13.2 Å².